The molecule has 11 nitrogen and oxygen atoms in total. The second-order valence-corrected chi connectivity index (χ2v) is 10.7. The molecule has 0 aromatic carbocycles. The molecule has 1 saturated carbocycles. The van der Waals surface area contributed by atoms with Gasteiger partial charge in [0.05, 0.1) is 12.5 Å². The Bertz CT molecular complexity index is 807. The van der Waals surface area contributed by atoms with E-state index in [4.69, 9.17) is 10.8 Å². The van der Waals surface area contributed by atoms with Crippen molar-refractivity contribution in [1.82, 2.24) is 15.1 Å². The van der Waals surface area contributed by atoms with Gasteiger partial charge in [0.1, 0.15) is 12.6 Å². The van der Waals surface area contributed by atoms with Crippen LogP contribution in [0.3, 0.4) is 0 Å². The van der Waals surface area contributed by atoms with Crippen molar-refractivity contribution in [1.29, 1.82) is 0 Å². The molecule has 0 spiro atoms. The first kappa shape index (κ1) is 31.7. The SMILES string of the molecule is CCN(CC(=O)N(C(=O)C(N)CC(=O)O)C(CC1CCCCCC1)C(=O)O)C(=O)CCCC1CCNCC1. The number of carbonyl (C=O) groups excluding carboxylic acids is 3. The summed E-state index contributed by atoms with van der Waals surface area (Å²) in [6.07, 6.45) is 9.03. The lowest BCUT2D eigenvalue weighted by Gasteiger charge is -2.33. The maximum Gasteiger partial charge on any atom is 0.326 e. The van der Waals surface area contributed by atoms with Crippen LogP contribution >= 0.6 is 0 Å². The smallest absolute Gasteiger partial charge is 0.326 e. The summed E-state index contributed by atoms with van der Waals surface area (Å²) in [4.78, 5) is 65.1. The van der Waals surface area contributed by atoms with Crippen LogP contribution in [0, 0.1) is 11.8 Å². The number of imide groups is 1. The Balaban J connectivity index is 2.14. The number of hydrogen-bond donors (Lipinski definition) is 4. The summed E-state index contributed by atoms with van der Waals surface area (Å²) in [5.74, 6) is -4.17. The van der Waals surface area contributed by atoms with Crippen LogP contribution in [-0.2, 0) is 24.0 Å². The van der Waals surface area contributed by atoms with Gasteiger partial charge in [-0.25, -0.2) is 4.79 Å². The molecule has 38 heavy (non-hydrogen) atoms. The third kappa shape index (κ3) is 10.3. The highest BCUT2D eigenvalue weighted by molar-refractivity contribution is 6.03. The second kappa shape index (κ2) is 16.4. The summed E-state index contributed by atoms with van der Waals surface area (Å²) in [6, 6.07) is -3.03. The van der Waals surface area contributed by atoms with Gasteiger partial charge in [-0.1, -0.05) is 38.5 Å². The number of amides is 3. The van der Waals surface area contributed by atoms with Gasteiger partial charge in [-0.15, -0.1) is 0 Å². The van der Waals surface area contributed by atoms with Crippen LogP contribution in [0.25, 0.3) is 0 Å². The second-order valence-electron chi connectivity index (χ2n) is 10.7. The van der Waals surface area contributed by atoms with Gasteiger partial charge in [0, 0.05) is 13.0 Å². The standard InChI is InChI=1S/C27H46N4O7/c1-2-30(23(32)11-7-10-19-12-14-29-15-13-19)18-24(33)31(26(36)21(28)17-25(34)35)22(27(37)38)16-20-8-5-3-4-6-9-20/h19-22,29H,2-18,28H2,1H3,(H,34,35)(H,37,38). The van der Waals surface area contributed by atoms with E-state index < -0.39 is 48.8 Å². The number of likely N-dealkylation sites (N-methyl/N-ethyl adjacent to an activating group) is 1. The van der Waals surface area contributed by atoms with Gasteiger partial charge in [0.15, 0.2) is 0 Å². The van der Waals surface area contributed by atoms with E-state index in [0.29, 0.717) is 17.2 Å². The number of nitrogens with one attached hydrogen (secondary N) is 1. The Kier molecular flexibility index (Phi) is 13.7. The number of aliphatic carboxylic acids is 2. The average Bonchev–Trinajstić information content (AvgIpc) is 3.15. The first-order valence-corrected chi connectivity index (χ1v) is 14.2. The van der Waals surface area contributed by atoms with Gasteiger partial charge in [-0.3, -0.25) is 24.1 Å². The fourth-order valence-corrected chi connectivity index (χ4v) is 5.62. The molecule has 1 aliphatic heterocycles. The van der Waals surface area contributed by atoms with Crippen molar-refractivity contribution in [3.63, 3.8) is 0 Å². The zero-order valence-corrected chi connectivity index (χ0v) is 22.7. The molecule has 3 amide bonds. The number of nitrogens with two attached hydrogens (primary N) is 1. The molecule has 0 radical (unpaired) electrons. The highest BCUT2D eigenvalue weighted by Gasteiger charge is 2.39. The third-order valence-corrected chi connectivity index (χ3v) is 7.87. The summed E-state index contributed by atoms with van der Waals surface area (Å²) in [5.41, 5.74) is 5.81. The van der Waals surface area contributed by atoms with Gasteiger partial charge >= 0.3 is 11.9 Å². The Hall–Kier alpha value is -2.53. The lowest BCUT2D eigenvalue weighted by Crippen LogP contribution is -2.57. The molecule has 2 unspecified atom stereocenters. The normalized spacial score (nSPS) is 18.7. The summed E-state index contributed by atoms with van der Waals surface area (Å²) < 4.78 is 0. The summed E-state index contributed by atoms with van der Waals surface area (Å²) >= 11 is 0. The van der Waals surface area contributed by atoms with Gasteiger partial charge in [-0.2, -0.15) is 0 Å². The van der Waals surface area contributed by atoms with Crippen LogP contribution < -0.4 is 11.1 Å². The third-order valence-electron chi connectivity index (χ3n) is 7.87. The molecule has 216 valence electrons. The van der Waals surface area contributed by atoms with Gasteiger partial charge < -0.3 is 26.2 Å². The number of rotatable bonds is 14. The van der Waals surface area contributed by atoms with E-state index in [9.17, 15) is 29.1 Å². The fraction of sp³-hybridized carbons (Fsp3) is 0.815. The highest BCUT2D eigenvalue weighted by atomic mass is 16.4. The van der Waals surface area contributed by atoms with Crippen molar-refractivity contribution < 1.29 is 34.2 Å². The molecule has 2 aliphatic rings. The van der Waals surface area contributed by atoms with Crippen molar-refractivity contribution >= 4 is 29.7 Å². The first-order chi connectivity index (χ1) is 18.1. The number of carboxylic acid groups (broad SMARTS) is 2. The summed E-state index contributed by atoms with van der Waals surface area (Å²) in [5, 5.41) is 22.5. The molecule has 0 aromatic rings. The van der Waals surface area contributed by atoms with Gasteiger partial charge in [0.2, 0.25) is 17.7 Å². The quantitative estimate of drug-likeness (QED) is 0.241. The molecule has 2 rings (SSSR count). The maximum atomic E-state index is 13.5. The van der Waals surface area contributed by atoms with Crippen LogP contribution in [0.1, 0.15) is 90.4 Å². The minimum atomic E-state index is -1.57. The highest BCUT2D eigenvalue weighted by Crippen LogP contribution is 2.28. The van der Waals surface area contributed by atoms with E-state index in [2.05, 4.69) is 5.32 Å². The Labute approximate surface area is 225 Å². The Morgan fingerprint density at radius 1 is 0.921 bits per heavy atom. The topological polar surface area (TPSA) is 170 Å². The maximum absolute atomic E-state index is 13.5. The van der Waals surface area contributed by atoms with Gasteiger partial charge in [0.25, 0.3) is 0 Å². The monoisotopic (exact) mass is 538 g/mol. The number of carboxylic acids is 2. The molecule has 11 heteroatoms. The van der Waals surface area contributed by atoms with Crippen LogP contribution in [0.4, 0.5) is 0 Å². The van der Waals surface area contributed by atoms with E-state index in [-0.39, 0.29) is 31.2 Å². The number of hydrogen-bond acceptors (Lipinski definition) is 7. The molecular weight excluding hydrogens is 492 g/mol. The van der Waals surface area contributed by atoms with Crippen molar-refractivity contribution in [3.8, 4) is 0 Å². The molecule has 0 aromatic heterocycles. The zero-order chi connectivity index (χ0) is 28.1. The molecule has 1 saturated heterocycles. The van der Waals surface area contributed by atoms with Crippen molar-refractivity contribution in [2.75, 3.05) is 26.2 Å². The van der Waals surface area contributed by atoms with Crippen molar-refractivity contribution in [2.24, 2.45) is 17.6 Å². The largest absolute Gasteiger partial charge is 0.481 e. The molecule has 2 fully saturated rings. The Morgan fingerprint density at radius 2 is 1.55 bits per heavy atom. The number of nitrogens with zero attached hydrogens (tertiary/aromatic N) is 2. The van der Waals surface area contributed by atoms with Crippen LogP contribution in [0.15, 0.2) is 0 Å². The summed E-state index contributed by atoms with van der Waals surface area (Å²) in [7, 11) is 0. The van der Waals surface area contributed by atoms with Crippen LogP contribution in [0.2, 0.25) is 0 Å². The molecule has 1 aliphatic carbocycles. The van der Waals surface area contributed by atoms with Crippen molar-refractivity contribution in [2.45, 2.75) is 102 Å². The number of carbonyl (C=O) groups is 5. The van der Waals surface area contributed by atoms with E-state index in [1.165, 1.54) is 4.90 Å². The lowest BCUT2D eigenvalue weighted by atomic mass is 9.91. The lowest BCUT2D eigenvalue weighted by molar-refractivity contribution is -0.161. The predicted molar refractivity (Wildman–Crippen MR) is 141 cm³/mol. The van der Waals surface area contributed by atoms with Crippen LogP contribution in [-0.4, -0.2) is 87.9 Å². The van der Waals surface area contributed by atoms with E-state index in [0.717, 1.165) is 70.9 Å². The van der Waals surface area contributed by atoms with E-state index >= 15 is 0 Å². The Morgan fingerprint density at radius 3 is 2.11 bits per heavy atom. The van der Waals surface area contributed by atoms with Crippen LogP contribution in [0.5, 0.6) is 0 Å². The average molecular weight is 539 g/mol. The molecule has 5 N–H and O–H groups in total. The van der Waals surface area contributed by atoms with Crippen molar-refractivity contribution in [3.05, 3.63) is 0 Å². The molecule has 0 bridgehead atoms. The minimum Gasteiger partial charge on any atom is -0.481 e. The molecular formula is C27H46N4O7. The number of piperidine rings is 1. The van der Waals surface area contributed by atoms with Gasteiger partial charge in [-0.05, 0) is 64.0 Å². The van der Waals surface area contributed by atoms with E-state index in [1.54, 1.807) is 6.92 Å². The molecule has 1 heterocycles. The minimum absolute atomic E-state index is 0.0243. The fourth-order valence-electron chi connectivity index (χ4n) is 5.62. The first-order valence-electron chi connectivity index (χ1n) is 14.2. The van der Waals surface area contributed by atoms with E-state index in [1.807, 2.05) is 0 Å². The molecule has 2 atom stereocenters. The predicted octanol–water partition coefficient (Wildman–Crippen LogP) is 1.98. The zero-order valence-electron chi connectivity index (χ0n) is 22.7. The summed E-state index contributed by atoms with van der Waals surface area (Å²) in [6.45, 7) is 3.45.